The fourth-order valence-corrected chi connectivity index (χ4v) is 3.17. The van der Waals surface area contributed by atoms with E-state index < -0.39 is 0 Å². The first-order valence-electron chi connectivity index (χ1n) is 7.14. The van der Waals surface area contributed by atoms with Crippen LogP contribution >= 0.6 is 11.3 Å². The Balaban J connectivity index is 1.92. The van der Waals surface area contributed by atoms with Crippen LogP contribution in [0.4, 0.5) is 10.8 Å². The normalized spacial score (nSPS) is 10.7. The zero-order valence-electron chi connectivity index (χ0n) is 12.8. The molecule has 0 spiro atoms. The van der Waals surface area contributed by atoms with Gasteiger partial charge < -0.3 is 10.4 Å². The molecule has 2 N–H and O–H groups in total. The van der Waals surface area contributed by atoms with Gasteiger partial charge in [0.25, 0.3) is 0 Å². The highest BCUT2D eigenvalue weighted by Gasteiger charge is 2.11. The van der Waals surface area contributed by atoms with Crippen LogP contribution in [0, 0.1) is 20.8 Å². The lowest BCUT2D eigenvalue weighted by atomic mass is 10.0. The van der Waals surface area contributed by atoms with Crippen molar-refractivity contribution in [1.82, 2.24) is 4.98 Å². The molecular weight excluding hydrogens is 292 g/mol. The van der Waals surface area contributed by atoms with Gasteiger partial charge >= 0.3 is 0 Å². The number of nitrogens with one attached hydrogen (secondary N) is 1. The third kappa shape index (κ3) is 2.97. The van der Waals surface area contributed by atoms with Crippen molar-refractivity contribution >= 4 is 22.2 Å². The van der Waals surface area contributed by atoms with Crippen LogP contribution in [0.25, 0.3) is 11.3 Å². The smallest absolute Gasteiger partial charge is 0.187 e. The van der Waals surface area contributed by atoms with Gasteiger partial charge in [-0.25, -0.2) is 4.98 Å². The van der Waals surface area contributed by atoms with E-state index in [4.69, 9.17) is 4.98 Å². The number of aromatic nitrogens is 1. The molecule has 22 heavy (non-hydrogen) atoms. The molecule has 2 aromatic carbocycles. The number of phenolic OH excluding ortho intramolecular Hbond substituents is 1. The van der Waals surface area contributed by atoms with E-state index in [1.807, 2.05) is 12.1 Å². The number of anilines is 2. The van der Waals surface area contributed by atoms with E-state index in [0.717, 1.165) is 22.1 Å². The highest BCUT2D eigenvalue weighted by molar-refractivity contribution is 7.16. The molecule has 112 valence electrons. The predicted octanol–water partition coefficient (Wildman–Crippen LogP) is 5.18. The van der Waals surface area contributed by atoms with E-state index in [1.54, 1.807) is 23.5 Å². The van der Waals surface area contributed by atoms with E-state index >= 15 is 0 Å². The fourth-order valence-electron chi connectivity index (χ4n) is 2.31. The molecule has 0 aliphatic carbocycles. The summed E-state index contributed by atoms with van der Waals surface area (Å²) in [4.78, 5) is 5.87. The molecule has 0 saturated heterocycles. The third-order valence-corrected chi connectivity index (χ3v) is 4.56. The maximum Gasteiger partial charge on any atom is 0.187 e. The van der Waals surface area contributed by atoms with Gasteiger partial charge in [0, 0.05) is 22.2 Å². The van der Waals surface area contributed by atoms with Crippen molar-refractivity contribution < 1.29 is 5.11 Å². The number of rotatable bonds is 3. The molecule has 3 nitrogen and oxygen atoms in total. The monoisotopic (exact) mass is 310 g/mol. The summed E-state index contributed by atoms with van der Waals surface area (Å²) in [5, 5.41) is 13.6. The van der Waals surface area contributed by atoms with E-state index in [-0.39, 0.29) is 5.75 Å². The third-order valence-electron chi connectivity index (χ3n) is 3.67. The van der Waals surface area contributed by atoms with Gasteiger partial charge in [0.1, 0.15) is 5.75 Å². The zero-order valence-corrected chi connectivity index (χ0v) is 13.7. The molecule has 0 aliphatic heterocycles. The van der Waals surface area contributed by atoms with Crippen LogP contribution in [0.5, 0.6) is 5.75 Å². The Hall–Kier alpha value is -2.33. The van der Waals surface area contributed by atoms with Crippen LogP contribution in [0.15, 0.2) is 42.5 Å². The SMILES string of the molecule is Cc1ccc(-c2nc(Nc3cccc(O)c3)sc2C)cc1C. The van der Waals surface area contributed by atoms with Crippen molar-refractivity contribution in [2.45, 2.75) is 20.8 Å². The molecule has 0 radical (unpaired) electrons. The first-order valence-corrected chi connectivity index (χ1v) is 7.95. The maximum absolute atomic E-state index is 9.53. The largest absolute Gasteiger partial charge is 0.508 e. The molecule has 0 bridgehead atoms. The summed E-state index contributed by atoms with van der Waals surface area (Å²) < 4.78 is 0. The Bertz CT molecular complexity index is 824. The quantitative estimate of drug-likeness (QED) is 0.700. The molecule has 0 atom stereocenters. The van der Waals surface area contributed by atoms with Crippen LogP contribution in [0.1, 0.15) is 16.0 Å². The number of nitrogens with zero attached hydrogens (tertiary/aromatic N) is 1. The van der Waals surface area contributed by atoms with Gasteiger partial charge in [0.15, 0.2) is 5.13 Å². The van der Waals surface area contributed by atoms with Gasteiger partial charge in [0.2, 0.25) is 0 Å². The summed E-state index contributed by atoms with van der Waals surface area (Å²) in [6.45, 7) is 6.31. The van der Waals surface area contributed by atoms with Crippen LogP contribution in [-0.4, -0.2) is 10.1 Å². The molecule has 0 amide bonds. The summed E-state index contributed by atoms with van der Waals surface area (Å²) in [6, 6.07) is 13.5. The number of benzene rings is 2. The Morgan fingerprint density at radius 3 is 2.55 bits per heavy atom. The second-order valence-corrected chi connectivity index (χ2v) is 6.60. The van der Waals surface area contributed by atoms with Crippen LogP contribution < -0.4 is 5.32 Å². The lowest BCUT2D eigenvalue weighted by molar-refractivity contribution is 0.475. The summed E-state index contributed by atoms with van der Waals surface area (Å²) in [5.41, 5.74) is 5.54. The average molecular weight is 310 g/mol. The zero-order chi connectivity index (χ0) is 15.7. The lowest BCUT2D eigenvalue weighted by Crippen LogP contribution is -1.89. The van der Waals surface area contributed by atoms with Crippen LogP contribution in [0.2, 0.25) is 0 Å². The number of aryl methyl sites for hydroxylation is 3. The highest BCUT2D eigenvalue weighted by atomic mass is 32.1. The van der Waals surface area contributed by atoms with Crippen molar-refractivity contribution in [3.63, 3.8) is 0 Å². The van der Waals surface area contributed by atoms with E-state index in [2.05, 4.69) is 44.3 Å². The molecule has 0 fully saturated rings. The highest BCUT2D eigenvalue weighted by Crippen LogP contribution is 2.33. The Morgan fingerprint density at radius 2 is 1.82 bits per heavy atom. The second-order valence-electron chi connectivity index (χ2n) is 5.40. The van der Waals surface area contributed by atoms with Gasteiger partial charge in [-0.1, -0.05) is 18.2 Å². The molecule has 0 aliphatic rings. The van der Waals surface area contributed by atoms with Crippen molar-refractivity contribution in [3.8, 4) is 17.0 Å². The van der Waals surface area contributed by atoms with Gasteiger partial charge in [-0.2, -0.15) is 0 Å². The molecule has 1 aromatic heterocycles. The number of hydrogen-bond acceptors (Lipinski definition) is 4. The molecule has 3 rings (SSSR count). The van der Waals surface area contributed by atoms with Crippen LogP contribution in [0.3, 0.4) is 0 Å². The van der Waals surface area contributed by atoms with Gasteiger partial charge in [-0.3, -0.25) is 0 Å². The van der Waals surface area contributed by atoms with E-state index in [9.17, 15) is 5.11 Å². The molecule has 4 heteroatoms. The van der Waals surface area contributed by atoms with Crippen molar-refractivity contribution in [1.29, 1.82) is 0 Å². The van der Waals surface area contributed by atoms with Crippen LogP contribution in [-0.2, 0) is 0 Å². The molecule has 1 heterocycles. The van der Waals surface area contributed by atoms with E-state index in [0.29, 0.717) is 0 Å². The van der Waals surface area contributed by atoms with Gasteiger partial charge in [0.05, 0.1) is 5.69 Å². The molecular formula is C18H18N2OS. The minimum absolute atomic E-state index is 0.243. The number of hydrogen-bond donors (Lipinski definition) is 2. The first-order chi connectivity index (χ1) is 10.5. The Morgan fingerprint density at radius 1 is 1.00 bits per heavy atom. The van der Waals surface area contributed by atoms with Crippen molar-refractivity contribution in [3.05, 3.63) is 58.5 Å². The summed E-state index contributed by atoms with van der Waals surface area (Å²) in [7, 11) is 0. The van der Waals surface area contributed by atoms with Crippen molar-refractivity contribution in [2.75, 3.05) is 5.32 Å². The summed E-state index contributed by atoms with van der Waals surface area (Å²) in [6.07, 6.45) is 0. The predicted molar refractivity (Wildman–Crippen MR) is 93.2 cm³/mol. The summed E-state index contributed by atoms with van der Waals surface area (Å²) >= 11 is 1.62. The fraction of sp³-hybridized carbons (Fsp3) is 0.167. The second kappa shape index (κ2) is 5.81. The van der Waals surface area contributed by atoms with Crippen molar-refractivity contribution in [2.24, 2.45) is 0 Å². The molecule has 0 unspecified atom stereocenters. The molecule has 3 aromatic rings. The molecule has 0 saturated carbocycles. The first kappa shape index (κ1) is 14.6. The average Bonchev–Trinajstić information content (AvgIpc) is 2.82. The minimum Gasteiger partial charge on any atom is -0.508 e. The lowest BCUT2D eigenvalue weighted by Gasteiger charge is -2.04. The number of thiazole rings is 1. The Kier molecular flexibility index (Phi) is 3.86. The standard InChI is InChI=1S/C18H18N2OS/c1-11-7-8-14(9-12(11)2)17-13(3)22-18(20-17)19-15-5-4-6-16(21)10-15/h4-10,21H,1-3H3,(H,19,20). The minimum atomic E-state index is 0.243. The maximum atomic E-state index is 9.53. The van der Waals surface area contributed by atoms with Gasteiger partial charge in [-0.05, 0) is 50.1 Å². The summed E-state index contributed by atoms with van der Waals surface area (Å²) in [5.74, 6) is 0.243. The number of phenols is 1. The van der Waals surface area contributed by atoms with E-state index in [1.165, 1.54) is 16.0 Å². The topological polar surface area (TPSA) is 45.2 Å². The number of aromatic hydroxyl groups is 1. The van der Waals surface area contributed by atoms with Gasteiger partial charge in [-0.15, -0.1) is 11.3 Å². The Labute approximate surface area is 134 Å².